The van der Waals surface area contributed by atoms with Gasteiger partial charge in [0.05, 0.1) is 6.16 Å². The normalized spacial score (nSPS) is 11.3. The molecule has 2 nitrogen and oxygen atoms in total. The highest BCUT2D eigenvalue weighted by Gasteiger charge is 2.44. The lowest BCUT2D eigenvalue weighted by Crippen LogP contribution is -3.00. The summed E-state index contributed by atoms with van der Waals surface area (Å²) in [6, 6.07) is 65.0. The summed E-state index contributed by atoms with van der Waals surface area (Å²) < 4.78 is 5.02. The first-order valence-corrected chi connectivity index (χ1v) is 20.9. The molecule has 0 bridgehead atoms. The molecule has 0 atom stereocenters. The molecule has 266 valence electrons. The molecule has 0 saturated carbocycles. The smallest absolute Gasteiger partial charge is 0.318 e. The number of imidazole rings is 1. The number of benzene rings is 7. The zero-order valence-electron chi connectivity index (χ0n) is 29.9. The second kappa shape index (κ2) is 18.2. The Balaban J connectivity index is 0.00000240. The molecule has 1 heterocycles. The summed E-state index contributed by atoms with van der Waals surface area (Å²) in [4.78, 5) is 0. The summed E-state index contributed by atoms with van der Waals surface area (Å²) >= 11 is 2.01. The van der Waals surface area contributed by atoms with Crippen LogP contribution in [0.5, 0.6) is 0 Å². The number of hydrogen-bond donors (Lipinski definition) is 0. The molecule has 0 aliphatic carbocycles. The fourth-order valence-corrected chi connectivity index (χ4v) is 13.2. The maximum atomic E-state index is 2.53. The Kier molecular flexibility index (Phi) is 13.5. The molecule has 0 amide bonds. The minimum absolute atomic E-state index is 0. The molecule has 7 aromatic carbocycles. The Labute approximate surface area is 353 Å². The van der Waals surface area contributed by atoms with E-state index in [1.54, 1.807) is 0 Å². The molecule has 0 unspecified atom stereocenters. The van der Waals surface area contributed by atoms with Gasteiger partial charge < -0.3 is 48.0 Å². The second-order valence-electron chi connectivity index (χ2n) is 13.4. The average Bonchev–Trinajstić information content (AvgIpc) is 3.48. The van der Waals surface area contributed by atoms with Crippen LogP contribution in [0.4, 0.5) is 0 Å². The van der Waals surface area contributed by atoms with E-state index < -0.39 is 7.26 Å². The first kappa shape index (κ1) is 39.2. The summed E-state index contributed by atoms with van der Waals surface area (Å²) in [5.74, 6) is 1.03. The maximum Gasteiger partial charge on any atom is 0.318 e. The average molecular weight is 953 g/mol. The van der Waals surface area contributed by atoms with Crippen molar-refractivity contribution in [2.75, 3.05) is 11.9 Å². The number of aromatic nitrogens is 2. The minimum atomic E-state index is -1.88. The molecule has 8 aromatic rings. The minimum Gasteiger partial charge on any atom is -1.00 e. The van der Waals surface area contributed by atoms with Crippen LogP contribution in [0.3, 0.4) is 0 Å². The van der Waals surface area contributed by atoms with Gasteiger partial charge in [-0.15, -0.1) is 0 Å². The third kappa shape index (κ3) is 8.59. The lowest BCUT2D eigenvalue weighted by atomic mass is 10.1. The lowest BCUT2D eigenvalue weighted by molar-refractivity contribution is -0.730. The summed E-state index contributed by atoms with van der Waals surface area (Å²) in [5.41, 5.74) is 3.94. The van der Waals surface area contributed by atoms with E-state index in [0.717, 1.165) is 31.4 Å². The summed E-state index contributed by atoms with van der Waals surface area (Å²) in [6.45, 7) is 3.95. The molecule has 0 saturated heterocycles. The Hall–Kier alpha value is -3.49. The van der Waals surface area contributed by atoms with Crippen molar-refractivity contribution in [3.63, 3.8) is 0 Å². The maximum absolute atomic E-state index is 2.53. The van der Waals surface area contributed by atoms with Crippen molar-refractivity contribution in [2.45, 2.75) is 31.6 Å². The first-order chi connectivity index (χ1) is 25.2. The van der Waals surface area contributed by atoms with Crippen molar-refractivity contribution in [3.05, 3.63) is 199 Å². The molecule has 53 heavy (non-hydrogen) atoms. The summed E-state index contributed by atoms with van der Waals surface area (Å²) in [7, 11) is -1.88. The molecule has 1 aromatic heterocycles. The van der Waals surface area contributed by atoms with Crippen molar-refractivity contribution in [1.29, 1.82) is 0 Å². The van der Waals surface area contributed by atoms with Crippen LogP contribution in [0.1, 0.15) is 23.2 Å². The number of halogens is 2. The van der Waals surface area contributed by atoms with Gasteiger partial charge >= 0.3 is 5.16 Å². The van der Waals surface area contributed by atoms with Crippen LogP contribution in [0.25, 0.3) is 21.5 Å². The first-order valence-electron chi connectivity index (χ1n) is 17.9. The molecule has 0 radical (unpaired) electrons. The van der Waals surface area contributed by atoms with E-state index >= 15 is 0 Å². The second-order valence-corrected chi connectivity index (χ2v) is 18.1. The SMILES string of the molecule is Cc1cn(Cc2ccc3ccccc3c2)c(SCCC[P+](c2ccccc2)(c2ccccc2)c2ccccc2)[n+]1Cc1ccc2ccccc2c1.[I-].[I-]. The van der Waals surface area contributed by atoms with E-state index in [4.69, 9.17) is 0 Å². The highest BCUT2D eigenvalue weighted by atomic mass is 127. The molecule has 0 aliphatic rings. The van der Waals surface area contributed by atoms with Gasteiger partial charge in [0.2, 0.25) is 0 Å². The van der Waals surface area contributed by atoms with Crippen molar-refractivity contribution < 1.29 is 52.5 Å². The predicted octanol–water partition coefficient (Wildman–Crippen LogP) is 3.97. The molecule has 0 spiro atoms. The van der Waals surface area contributed by atoms with E-state index in [0.29, 0.717) is 0 Å². The van der Waals surface area contributed by atoms with Crippen LogP contribution < -0.4 is 68.4 Å². The van der Waals surface area contributed by atoms with E-state index in [-0.39, 0.29) is 48.0 Å². The fraction of sp³-hybridized carbons (Fsp3) is 0.128. The molecule has 0 aliphatic heterocycles. The zero-order chi connectivity index (χ0) is 34.5. The van der Waals surface area contributed by atoms with E-state index in [2.05, 4.69) is 198 Å². The summed E-state index contributed by atoms with van der Waals surface area (Å²) in [6.07, 6.45) is 4.58. The molecule has 0 fully saturated rings. The number of fused-ring (bicyclic) bond motifs is 2. The van der Waals surface area contributed by atoms with Crippen LogP contribution in [0, 0.1) is 6.92 Å². The fourth-order valence-electron chi connectivity index (χ4n) is 7.52. The molecular weight excluding hydrogens is 909 g/mol. The number of aryl methyl sites for hydroxylation is 1. The number of thioether (sulfide) groups is 1. The van der Waals surface area contributed by atoms with Crippen LogP contribution in [-0.2, 0) is 13.1 Å². The van der Waals surface area contributed by atoms with Crippen molar-refractivity contribution >= 4 is 56.5 Å². The van der Waals surface area contributed by atoms with Gasteiger partial charge in [-0.05, 0) is 99.4 Å². The predicted molar refractivity (Wildman–Crippen MR) is 221 cm³/mol. The van der Waals surface area contributed by atoms with E-state index in [1.165, 1.54) is 59.4 Å². The largest absolute Gasteiger partial charge is 1.00 e. The molecule has 8 rings (SSSR count). The Bertz CT molecular complexity index is 2300. The molecular formula is C47H43I2N2PS. The van der Waals surface area contributed by atoms with E-state index in [9.17, 15) is 0 Å². The Morgan fingerprint density at radius 2 is 0.981 bits per heavy atom. The van der Waals surface area contributed by atoms with Crippen LogP contribution >= 0.6 is 19.0 Å². The van der Waals surface area contributed by atoms with Crippen LogP contribution in [0.15, 0.2) is 187 Å². The van der Waals surface area contributed by atoms with Crippen LogP contribution in [0.2, 0.25) is 0 Å². The highest BCUT2D eigenvalue weighted by Crippen LogP contribution is 2.56. The number of rotatable bonds is 12. The third-order valence-corrected chi connectivity index (χ3v) is 15.8. The van der Waals surface area contributed by atoms with Gasteiger partial charge in [-0.1, -0.05) is 127 Å². The topological polar surface area (TPSA) is 8.81 Å². The molecule has 6 heteroatoms. The monoisotopic (exact) mass is 952 g/mol. The lowest BCUT2D eigenvalue weighted by Gasteiger charge is -2.27. The van der Waals surface area contributed by atoms with Gasteiger partial charge in [-0.2, -0.15) is 0 Å². The van der Waals surface area contributed by atoms with Crippen molar-refractivity contribution in [2.24, 2.45) is 0 Å². The van der Waals surface area contributed by atoms with E-state index in [1.807, 2.05) is 11.8 Å². The van der Waals surface area contributed by atoms with Gasteiger partial charge in [0.15, 0.2) is 0 Å². The van der Waals surface area contributed by atoms with Gasteiger partial charge in [-0.25, -0.2) is 9.13 Å². The van der Waals surface area contributed by atoms with Gasteiger partial charge in [0, 0.05) is 12.7 Å². The standard InChI is InChI=1S/C47H43N2PS.2HI/c1-37-34-48(35-38-26-28-40-16-11-13-18-42(40)32-38)47(49(37)36-39-27-29-41-17-12-14-19-43(41)33-39)51-31-15-30-50(44-20-5-2-6-21-44,45-22-7-3-8-23-45)46-24-9-4-10-25-46;;/h2-14,16-29,32-34H,15,30-31,35-36H2,1H3;2*1H/q+2;;/p-2. The van der Waals surface area contributed by atoms with Gasteiger partial charge in [0.25, 0.3) is 0 Å². The third-order valence-electron chi connectivity index (χ3n) is 10.0. The number of hydrogen-bond acceptors (Lipinski definition) is 1. The molecule has 0 N–H and O–H groups in total. The quantitative estimate of drug-likeness (QED) is 0.0593. The number of nitrogens with zero attached hydrogens (tertiary/aromatic N) is 2. The van der Waals surface area contributed by atoms with Crippen LogP contribution in [-0.4, -0.2) is 16.5 Å². The highest BCUT2D eigenvalue weighted by molar-refractivity contribution is 7.99. The van der Waals surface area contributed by atoms with Gasteiger partial charge in [0.1, 0.15) is 48.2 Å². The Morgan fingerprint density at radius 1 is 0.528 bits per heavy atom. The summed E-state index contributed by atoms with van der Waals surface area (Å²) in [5, 5.41) is 10.8. The Morgan fingerprint density at radius 3 is 1.51 bits per heavy atom. The van der Waals surface area contributed by atoms with Crippen molar-refractivity contribution in [3.8, 4) is 0 Å². The zero-order valence-corrected chi connectivity index (χ0v) is 35.9. The van der Waals surface area contributed by atoms with Gasteiger partial charge in [-0.3, -0.25) is 0 Å². The van der Waals surface area contributed by atoms with Crippen molar-refractivity contribution in [1.82, 2.24) is 4.57 Å².